The topological polar surface area (TPSA) is 356 Å². The van der Waals surface area contributed by atoms with Gasteiger partial charge in [0.15, 0.2) is 18.9 Å². The van der Waals surface area contributed by atoms with E-state index in [1.165, 1.54) is 13.8 Å². The van der Waals surface area contributed by atoms with Crippen molar-refractivity contribution in [1.29, 1.82) is 0 Å². The van der Waals surface area contributed by atoms with Crippen LogP contribution in [0.25, 0.3) is 0 Å². The van der Waals surface area contributed by atoms with E-state index in [0.717, 1.165) is 6.92 Å². The van der Waals surface area contributed by atoms with Gasteiger partial charge in [-0.05, 0) is 13.3 Å². The molecule has 3 aliphatic rings. The molecule has 3 heterocycles. The van der Waals surface area contributed by atoms with Gasteiger partial charge in [0, 0.05) is 6.92 Å². The van der Waals surface area contributed by atoms with Gasteiger partial charge in [-0.2, -0.15) is 0 Å². The molecule has 14 N–H and O–H groups in total. The number of hydrogen-bond acceptors (Lipinski definition) is 20. The molecule has 3 saturated heterocycles. The molecular weight excluding hydrogens is 696 g/mol. The second-order valence-corrected chi connectivity index (χ2v) is 12.7. The zero-order valence-electron chi connectivity index (χ0n) is 28.1. The predicted molar refractivity (Wildman–Crippen MR) is 162 cm³/mol. The van der Waals surface area contributed by atoms with Crippen LogP contribution >= 0.6 is 0 Å². The lowest BCUT2D eigenvalue weighted by Crippen LogP contribution is -2.66. The lowest BCUT2D eigenvalue weighted by atomic mass is 9.96. The second-order valence-electron chi connectivity index (χ2n) is 12.7. The van der Waals surface area contributed by atoms with E-state index >= 15 is 0 Å². The van der Waals surface area contributed by atoms with Gasteiger partial charge in [-0.1, -0.05) is 6.92 Å². The first-order chi connectivity index (χ1) is 24.0. The molecule has 2 amide bonds. The molecule has 22 heteroatoms. The van der Waals surface area contributed by atoms with E-state index in [2.05, 4.69) is 10.6 Å². The molecule has 51 heavy (non-hydrogen) atoms. The summed E-state index contributed by atoms with van der Waals surface area (Å²) in [6.07, 6.45) is -28.9. The third-order valence-corrected chi connectivity index (χ3v) is 8.82. The van der Waals surface area contributed by atoms with Crippen molar-refractivity contribution in [2.24, 2.45) is 0 Å². The molecule has 0 saturated carbocycles. The van der Waals surface area contributed by atoms with Crippen LogP contribution in [0.3, 0.4) is 0 Å². The van der Waals surface area contributed by atoms with Crippen molar-refractivity contribution in [3.8, 4) is 0 Å². The molecule has 0 aliphatic carbocycles. The summed E-state index contributed by atoms with van der Waals surface area (Å²) in [5.74, 6) is -1.58. The van der Waals surface area contributed by atoms with Gasteiger partial charge in [-0.25, -0.2) is 0 Å². The highest BCUT2D eigenvalue weighted by Crippen LogP contribution is 2.31. The maximum atomic E-state index is 12.5. The van der Waals surface area contributed by atoms with E-state index in [1.807, 2.05) is 0 Å². The van der Waals surface area contributed by atoms with Crippen LogP contribution in [0.1, 0.15) is 27.2 Å². The predicted octanol–water partition coefficient (Wildman–Crippen LogP) is -8.41. The Labute approximate surface area is 292 Å². The molecule has 19 unspecified atom stereocenters. The number of carbonyl (C=O) groups excluding carboxylic acids is 2. The molecule has 3 rings (SSSR count). The van der Waals surface area contributed by atoms with E-state index in [1.54, 1.807) is 0 Å². The number of nitrogens with one attached hydrogen (secondary N) is 2. The standard InChI is InChI=1S/C29H52N2O20/c1-4-12(36)26(45)31-11(17(37)9(2)34)7-46-29-25(51-28-24(44)22(42)19(39)14(6-33)49-28)23(43)20(40)15(50-29)8-47-27-16(30-10(3)35)21(41)18(38)13(5-32)48-27/h9,11-25,27-29,32-34,36-44H,4-8H2,1-3H3,(H,30,35)(H,31,45). The molecule has 3 fully saturated rings. The Bertz CT molecular complexity index is 1090. The average molecular weight is 749 g/mol. The SMILES string of the molecule is CCC(O)C(=O)NC(COC1OC(COC2OC(CO)C(O)C(O)C2NC(C)=O)C(O)C(O)C1OC1OC(CO)C(O)C(O)C1O)C(O)C(C)O. The Morgan fingerprint density at radius 3 is 1.82 bits per heavy atom. The Hall–Kier alpha value is -1.78. The largest absolute Gasteiger partial charge is 0.394 e. The van der Waals surface area contributed by atoms with Crippen molar-refractivity contribution in [2.45, 2.75) is 144 Å². The Kier molecular flexibility index (Phi) is 16.7. The summed E-state index contributed by atoms with van der Waals surface area (Å²) in [4.78, 5) is 24.3. The third-order valence-electron chi connectivity index (χ3n) is 8.82. The third kappa shape index (κ3) is 10.7. The van der Waals surface area contributed by atoms with E-state index < -0.39 is 155 Å². The monoisotopic (exact) mass is 748 g/mol. The van der Waals surface area contributed by atoms with Crippen molar-refractivity contribution in [2.75, 3.05) is 26.4 Å². The van der Waals surface area contributed by atoms with Crippen molar-refractivity contribution in [3.05, 3.63) is 0 Å². The lowest BCUT2D eigenvalue weighted by molar-refractivity contribution is -0.371. The van der Waals surface area contributed by atoms with Crippen molar-refractivity contribution >= 4 is 11.8 Å². The molecule has 0 aromatic rings. The molecular formula is C29H52N2O20. The lowest BCUT2D eigenvalue weighted by Gasteiger charge is -2.47. The van der Waals surface area contributed by atoms with Gasteiger partial charge < -0.3 is 100 Å². The number of aliphatic hydroxyl groups excluding tert-OH is 12. The molecule has 3 aliphatic heterocycles. The first-order valence-electron chi connectivity index (χ1n) is 16.4. The van der Waals surface area contributed by atoms with Gasteiger partial charge in [-0.15, -0.1) is 0 Å². The fourth-order valence-electron chi connectivity index (χ4n) is 5.68. The molecule has 0 radical (unpaired) electrons. The van der Waals surface area contributed by atoms with Crippen LogP contribution in [0, 0.1) is 0 Å². The zero-order valence-corrected chi connectivity index (χ0v) is 28.1. The van der Waals surface area contributed by atoms with Gasteiger partial charge >= 0.3 is 0 Å². The van der Waals surface area contributed by atoms with Crippen LogP contribution in [-0.2, 0) is 38.0 Å². The Morgan fingerprint density at radius 2 is 1.27 bits per heavy atom. The second kappa shape index (κ2) is 19.5. The summed E-state index contributed by atoms with van der Waals surface area (Å²) in [5, 5.41) is 129. The molecule has 0 spiro atoms. The van der Waals surface area contributed by atoms with Gasteiger partial charge in [0.05, 0.1) is 38.6 Å². The summed E-state index contributed by atoms with van der Waals surface area (Å²) in [5.41, 5.74) is 0. The maximum Gasteiger partial charge on any atom is 0.249 e. The first kappa shape index (κ1) is 43.6. The molecule has 0 bridgehead atoms. The van der Waals surface area contributed by atoms with Gasteiger partial charge in [0.1, 0.15) is 85.4 Å². The van der Waals surface area contributed by atoms with Crippen LogP contribution in [-0.4, -0.2) is 216 Å². The van der Waals surface area contributed by atoms with Crippen LogP contribution in [0.2, 0.25) is 0 Å². The van der Waals surface area contributed by atoms with Gasteiger partial charge in [0.25, 0.3) is 0 Å². The average Bonchev–Trinajstić information content (AvgIpc) is 3.10. The number of ether oxygens (including phenoxy) is 6. The molecule has 0 aromatic heterocycles. The zero-order chi connectivity index (χ0) is 38.3. The number of carbonyl (C=O) groups is 2. The van der Waals surface area contributed by atoms with Crippen LogP contribution in [0.4, 0.5) is 0 Å². The first-order valence-corrected chi connectivity index (χ1v) is 16.4. The van der Waals surface area contributed by atoms with Crippen LogP contribution in [0.5, 0.6) is 0 Å². The van der Waals surface area contributed by atoms with E-state index in [9.17, 15) is 70.9 Å². The number of amides is 2. The highest BCUT2D eigenvalue weighted by molar-refractivity contribution is 5.80. The van der Waals surface area contributed by atoms with Gasteiger partial charge in [0.2, 0.25) is 11.8 Å². The maximum absolute atomic E-state index is 12.5. The van der Waals surface area contributed by atoms with E-state index in [4.69, 9.17) is 28.4 Å². The van der Waals surface area contributed by atoms with E-state index in [0.29, 0.717) is 0 Å². The highest BCUT2D eigenvalue weighted by atomic mass is 16.8. The summed E-state index contributed by atoms with van der Waals surface area (Å²) in [6.45, 7) is 0.844. The minimum atomic E-state index is -2.00. The number of aliphatic hydroxyl groups is 12. The van der Waals surface area contributed by atoms with Gasteiger partial charge in [-0.3, -0.25) is 9.59 Å². The molecule has 19 atom stereocenters. The highest BCUT2D eigenvalue weighted by Gasteiger charge is 2.52. The minimum Gasteiger partial charge on any atom is -0.394 e. The van der Waals surface area contributed by atoms with E-state index in [-0.39, 0.29) is 6.42 Å². The fraction of sp³-hybridized carbons (Fsp3) is 0.931. The Morgan fingerprint density at radius 1 is 0.725 bits per heavy atom. The van der Waals surface area contributed by atoms with Crippen molar-refractivity contribution in [1.82, 2.24) is 10.6 Å². The smallest absolute Gasteiger partial charge is 0.249 e. The summed E-state index contributed by atoms with van der Waals surface area (Å²) in [7, 11) is 0. The fourth-order valence-corrected chi connectivity index (χ4v) is 5.68. The Balaban J connectivity index is 1.88. The molecule has 298 valence electrons. The summed E-state index contributed by atoms with van der Waals surface area (Å²) in [6, 6.07) is -2.81. The van der Waals surface area contributed by atoms with Crippen LogP contribution in [0.15, 0.2) is 0 Å². The molecule has 22 nitrogen and oxygen atoms in total. The number of rotatable bonds is 16. The quantitative estimate of drug-likeness (QED) is 0.0697. The number of hydrogen-bond donors (Lipinski definition) is 14. The normalized spacial score (nSPS) is 41.3. The summed E-state index contributed by atoms with van der Waals surface area (Å²) >= 11 is 0. The van der Waals surface area contributed by atoms with Crippen molar-refractivity contribution < 1.29 is 99.3 Å². The minimum absolute atomic E-state index is 0.000760. The van der Waals surface area contributed by atoms with Crippen molar-refractivity contribution in [3.63, 3.8) is 0 Å². The summed E-state index contributed by atoms with van der Waals surface area (Å²) < 4.78 is 33.8. The molecule has 0 aromatic carbocycles. The van der Waals surface area contributed by atoms with Crippen LogP contribution < -0.4 is 10.6 Å².